The zero-order valence-corrected chi connectivity index (χ0v) is 14.1. The Morgan fingerprint density at radius 1 is 1.25 bits per heavy atom. The lowest BCUT2D eigenvalue weighted by atomic mass is 10.0. The van der Waals surface area contributed by atoms with Crippen LogP contribution in [0.1, 0.15) is 31.3 Å². The van der Waals surface area contributed by atoms with Crippen LogP contribution in [-0.4, -0.2) is 49.1 Å². The first-order chi connectivity index (χ1) is 13.3. The van der Waals surface area contributed by atoms with Gasteiger partial charge in [-0.3, -0.25) is 9.20 Å². The van der Waals surface area contributed by atoms with Crippen molar-refractivity contribution in [1.29, 1.82) is 0 Å². The molecule has 0 aliphatic carbocycles. The maximum absolute atomic E-state index is 12.8. The molecule has 0 saturated heterocycles. The van der Waals surface area contributed by atoms with Gasteiger partial charge >= 0.3 is 17.9 Å². The number of carbonyl (C=O) groups excluding carboxylic acids is 1. The molecule has 28 heavy (non-hydrogen) atoms. The van der Waals surface area contributed by atoms with E-state index in [1.54, 1.807) is 0 Å². The summed E-state index contributed by atoms with van der Waals surface area (Å²) in [4.78, 5) is 55.0. The van der Waals surface area contributed by atoms with E-state index in [1.807, 2.05) is 0 Å². The number of imidazole rings is 1. The molecule has 140 valence electrons. The molecule has 0 atom stereocenters. The van der Waals surface area contributed by atoms with Gasteiger partial charge in [0, 0.05) is 5.39 Å². The maximum Gasteiger partial charge on any atom is 0.355 e. The van der Waals surface area contributed by atoms with Gasteiger partial charge < -0.3 is 19.9 Å². The summed E-state index contributed by atoms with van der Waals surface area (Å²) in [6.07, 6.45) is 2.52. The molecule has 0 fully saturated rings. The number of nitrogens with zero attached hydrogens (tertiary/aromatic N) is 2. The van der Waals surface area contributed by atoms with Crippen molar-refractivity contribution in [2.75, 3.05) is 6.61 Å². The third-order valence-corrected chi connectivity index (χ3v) is 4.34. The van der Waals surface area contributed by atoms with E-state index >= 15 is 0 Å². The summed E-state index contributed by atoms with van der Waals surface area (Å²) >= 11 is 0. The molecule has 0 unspecified atom stereocenters. The van der Waals surface area contributed by atoms with Crippen LogP contribution in [0.2, 0.25) is 0 Å². The molecule has 3 aromatic heterocycles. The fourth-order valence-corrected chi connectivity index (χ4v) is 3.21. The number of aromatic carboxylic acids is 2. The number of aromatic amines is 1. The highest BCUT2D eigenvalue weighted by atomic mass is 16.5. The van der Waals surface area contributed by atoms with Crippen LogP contribution < -0.4 is 5.43 Å². The van der Waals surface area contributed by atoms with Gasteiger partial charge in [-0.15, -0.1) is 0 Å². The van der Waals surface area contributed by atoms with Crippen LogP contribution in [0.4, 0.5) is 0 Å². The fraction of sp³-hybridized carbons (Fsp3) is 0.0556. The molecule has 3 heterocycles. The van der Waals surface area contributed by atoms with Gasteiger partial charge in [0.2, 0.25) is 5.43 Å². The lowest BCUT2D eigenvalue weighted by Crippen LogP contribution is -2.11. The van der Waals surface area contributed by atoms with E-state index in [0.717, 1.165) is 16.8 Å². The number of carbonyl (C=O) groups is 3. The highest BCUT2D eigenvalue weighted by Gasteiger charge is 2.26. The van der Waals surface area contributed by atoms with E-state index in [2.05, 4.69) is 16.5 Å². The van der Waals surface area contributed by atoms with E-state index in [0.29, 0.717) is 0 Å². The van der Waals surface area contributed by atoms with Gasteiger partial charge in [-0.1, -0.05) is 12.7 Å². The SMILES string of the molecule is C=CCOC(=O)c1cc2c(=O)c3ncn4c(C(=O)O)cc(C(=O)O)c(c2[nH]1)c34. The Morgan fingerprint density at radius 2 is 2.00 bits per heavy atom. The van der Waals surface area contributed by atoms with Gasteiger partial charge in [0.05, 0.1) is 22.0 Å². The zero-order valence-electron chi connectivity index (χ0n) is 14.1. The minimum absolute atomic E-state index is 0.0441. The molecule has 4 aromatic rings. The van der Waals surface area contributed by atoms with Crippen LogP contribution in [0.25, 0.3) is 27.3 Å². The molecule has 0 radical (unpaired) electrons. The Bertz CT molecular complexity index is 1380. The number of benzene rings is 1. The average Bonchev–Trinajstić information content (AvgIpc) is 3.28. The Balaban J connectivity index is 2.18. The van der Waals surface area contributed by atoms with Crippen molar-refractivity contribution in [1.82, 2.24) is 14.4 Å². The molecule has 0 amide bonds. The molecule has 4 rings (SSSR count). The van der Waals surface area contributed by atoms with Gasteiger partial charge in [-0.25, -0.2) is 19.4 Å². The second kappa shape index (κ2) is 5.91. The minimum Gasteiger partial charge on any atom is -0.478 e. The van der Waals surface area contributed by atoms with Crippen LogP contribution in [-0.2, 0) is 4.74 Å². The molecule has 10 nitrogen and oxygen atoms in total. The number of ether oxygens (including phenoxy) is 1. The highest BCUT2D eigenvalue weighted by molar-refractivity contribution is 6.20. The number of fused-ring (bicyclic) bond motifs is 2. The molecule has 0 aliphatic rings. The van der Waals surface area contributed by atoms with E-state index in [-0.39, 0.29) is 50.9 Å². The van der Waals surface area contributed by atoms with Crippen LogP contribution >= 0.6 is 0 Å². The molecule has 0 spiro atoms. The Morgan fingerprint density at radius 3 is 2.64 bits per heavy atom. The van der Waals surface area contributed by atoms with Gasteiger partial charge in [-0.05, 0) is 12.1 Å². The second-order valence-electron chi connectivity index (χ2n) is 5.93. The van der Waals surface area contributed by atoms with Gasteiger partial charge in [0.1, 0.15) is 29.8 Å². The van der Waals surface area contributed by atoms with Crippen LogP contribution in [0.15, 0.2) is 35.9 Å². The van der Waals surface area contributed by atoms with Crippen LogP contribution in [0.5, 0.6) is 0 Å². The number of carboxylic acid groups (broad SMARTS) is 2. The number of H-pyrrole nitrogens is 1. The fourth-order valence-electron chi connectivity index (χ4n) is 3.21. The second-order valence-corrected chi connectivity index (χ2v) is 5.93. The monoisotopic (exact) mass is 381 g/mol. The normalized spacial score (nSPS) is 11.3. The molecule has 0 aliphatic heterocycles. The first-order valence-electron chi connectivity index (χ1n) is 7.91. The van der Waals surface area contributed by atoms with Crippen molar-refractivity contribution in [2.45, 2.75) is 0 Å². The van der Waals surface area contributed by atoms with Crippen molar-refractivity contribution in [3.8, 4) is 0 Å². The summed E-state index contributed by atoms with van der Waals surface area (Å²) < 4.78 is 6.07. The first kappa shape index (κ1) is 17.2. The summed E-state index contributed by atoms with van der Waals surface area (Å²) in [7, 11) is 0. The Hall–Kier alpha value is -4.21. The van der Waals surface area contributed by atoms with Gasteiger partial charge in [0.25, 0.3) is 0 Å². The van der Waals surface area contributed by atoms with Gasteiger partial charge in [-0.2, -0.15) is 0 Å². The van der Waals surface area contributed by atoms with Gasteiger partial charge in [0.15, 0.2) is 0 Å². The lowest BCUT2D eigenvalue weighted by Gasteiger charge is -2.08. The van der Waals surface area contributed by atoms with Crippen molar-refractivity contribution in [2.24, 2.45) is 0 Å². The summed E-state index contributed by atoms with van der Waals surface area (Å²) in [6, 6.07) is 2.24. The van der Waals surface area contributed by atoms with Crippen molar-refractivity contribution >= 4 is 45.2 Å². The molecule has 0 saturated carbocycles. The average molecular weight is 381 g/mol. The quantitative estimate of drug-likeness (QED) is 0.347. The highest BCUT2D eigenvalue weighted by Crippen LogP contribution is 2.31. The molecular formula is C18H11N3O7. The summed E-state index contributed by atoms with van der Waals surface area (Å²) in [5, 5.41) is 19.1. The van der Waals surface area contributed by atoms with Crippen molar-refractivity contribution in [3.63, 3.8) is 0 Å². The number of hydrogen-bond acceptors (Lipinski definition) is 6. The minimum atomic E-state index is -1.39. The van der Waals surface area contributed by atoms with Crippen molar-refractivity contribution < 1.29 is 29.3 Å². The number of esters is 1. The number of pyridine rings is 1. The number of rotatable bonds is 5. The predicted molar refractivity (Wildman–Crippen MR) is 96.4 cm³/mol. The summed E-state index contributed by atoms with van der Waals surface area (Å²) in [6.45, 7) is 3.39. The zero-order chi connectivity index (χ0) is 20.2. The predicted octanol–water partition coefficient (Wildman–Crippen LogP) is 1.51. The number of aromatic nitrogens is 3. The maximum atomic E-state index is 12.8. The largest absolute Gasteiger partial charge is 0.478 e. The van der Waals surface area contributed by atoms with E-state index < -0.39 is 23.3 Å². The van der Waals surface area contributed by atoms with Crippen molar-refractivity contribution in [3.05, 3.63) is 58.3 Å². The van der Waals surface area contributed by atoms with Crippen LogP contribution in [0, 0.1) is 0 Å². The number of carboxylic acids is 2. The molecule has 3 N–H and O–H groups in total. The summed E-state index contributed by atoms with van der Waals surface area (Å²) in [5.41, 5.74) is -1.29. The number of nitrogens with one attached hydrogen (secondary N) is 1. The standard InChI is InChI=1S/C18H11N3O7/c1-2-3-28-18(27)9-4-8-12(20-9)11-7(16(23)24)5-10(17(25)26)21-6-19-13(14(11)21)15(8)22/h2,4-6,20H,1,3H2,(H,23,24)(H,25,26). The molecule has 10 heteroatoms. The van der Waals surface area contributed by atoms with E-state index in [9.17, 15) is 29.4 Å². The summed E-state index contributed by atoms with van der Waals surface area (Å²) in [5.74, 6) is -3.52. The Kier molecular flexibility index (Phi) is 3.63. The smallest absolute Gasteiger partial charge is 0.355 e. The lowest BCUT2D eigenvalue weighted by molar-refractivity contribution is 0.0543. The molecule has 0 bridgehead atoms. The molecular weight excluding hydrogens is 370 g/mol. The first-order valence-corrected chi connectivity index (χ1v) is 7.91. The third-order valence-electron chi connectivity index (χ3n) is 4.34. The molecule has 1 aromatic carbocycles. The van der Waals surface area contributed by atoms with Crippen LogP contribution in [0.3, 0.4) is 0 Å². The van der Waals surface area contributed by atoms with E-state index in [1.165, 1.54) is 12.1 Å². The number of hydrogen-bond donors (Lipinski definition) is 3. The third kappa shape index (κ3) is 2.24. The Labute approximate surface area is 154 Å². The topological polar surface area (TPSA) is 151 Å². The van der Waals surface area contributed by atoms with E-state index in [4.69, 9.17) is 4.74 Å².